The van der Waals surface area contributed by atoms with Gasteiger partial charge in [-0.1, -0.05) is 6.07 Å². The fourth-order valence-corrected chi connectivity index (χ4v) is 2.56. The molecule has 122 valence electrons. The number of piperazine rings is 1. The first-order valence-corrected chi connectivity index (χ1v) is 6.92. The number of halogens is 2. The molecule has 0 atom stereocenters. The number of hydrogen-bond donors (Lipinski definition) is 0. The number of aromatic nitrogens is 2. The van der Waals surface area contributed by atoms with Crippen molar-refractivity contribution in [2.75, 3.05) is 38.2 Å². The van der Waals surface area contributed by atoms with Crippen LogP contribution in [0, 0.1) is 0 Å². The monoisotopic (exact) mass is 344 g/mol. The topological polar surface area (TPSA) is 33.5 Å². The smallest absolute Gasteiger partial charge is 0.120 e. The third-order valence-electron chi connectivity index (χ3n) is 3.71. The minimum Gasteiger partial charge on any atom is -0.497 e. The van der Waals surface area contributed by atoms with Crippen molar-refractivity contribution < 1.29 is 4.74 Å². The summed E-state index contributed by atoms with van der Waals surface area (Å²) in [6, 6.07) is 8.28. The molecule has 22 heavy (non-hydrogen) atoms. The molecule has 0 aliphatic carbocycles. The van der Waals surface area contributed by atoms with Crippen LogP contribution in [-0.2, 0) is 6.67 Å². The van der Waals surface area contributed by atoms with Gasteiger partial charge in [0.15, 0.2) is 0 Å². The quantitative estimate of drug-likeness (QED) is 0.853. The zero-order valence-corrected chi connectivity index (χ0v) is 14.2. The van der Waals surface area contributed by atoms with Gasteiger partial charge in [0.1, 0.15) is 5.75 Å². The van der Waals surface area contributed by atoms with Gasteiger partial charge in [-0.25, -0.2) is 4.98 Å². The van der Waals surface area contributed by atoms with Gasteiger partial charge in [0.05, 0.1) is 20.1 Å². The van der Waals surface area contributed by atoms with Gasteiger partial charge in [-0.2, -0.15) is 0 Å². The summed E-state index contributed by atoms with van der Waals surface area (Å²) in [5.74, 6) is 0.920. The normalized spacial score (nSPS) is 14.9. The first-order chi connectivity index (χ1) is 9.85. The van der Waals surface area contributed by atoms with Gasteiger partial charge >= 0.3 is 0 Å². The van der Waals surface area contributed by atoms with E-state index in [1.165, 1.54) is 5.69 Å². The lowest BCUT2D eigenvalue weighted by Gasteiger charge is -2.36. The van der Waals surface area contributed by atoms with E-state index in [9.17, 15) is 0 Å². The van der Waals surface area contributed by atoms with Gasteiger partial charge in [0.2, 0.25) is 0 Å². The van der Waals surface area contributed by atoms with Crippen molar-refractivity contribution in [2.45, 2.75) is 6.67 Å². The third-order valence-corrected chi connectivity index (χ3v) is 3.71. The van der Waals surface area contributed by atoms with Crippen molar-refractivity contribution in [3.63, 3.8) is 0 Å². The summed E-state index contributed by atoms with van der Waals surface area (Å²) in [5.41, 5.74) is 1.24. The second-order valence-corrected chi connectivity index (χ2v) is 5.02. The van der Waals surface area contributed by atoms with E-state index in [0.29, 0.717) is 0 Å². The molecule has 0 N–H and O–H groups in total. The Bertz CT molecular complexity index is 542. The second-order valence-electron chi connectivity index (χ2n) is 5.02. The standard InChI is InChI=1S/C15H20N4O.2ClH/c1-20-15-4-2-3-14(11-15)19-9-7-17(8-10-19)13-18-6-5-16-12-18;;/h2-6,11-12H,7-10,13H2,1H3;2*1H. The van der Waals surface area contributed by atoms with E-state index < -0.39 is 0 Å². The summed E-state index contributed by atoms with van der Waals surface area (Å²) in [7, 11) is 1.71. The number of rotatable bonds is 4. The van der Waals surface area contributed by atoms with Crippen LogP contribution in [0.5, 0.6) is 5.75 Å². The average Bonchev–Trinajstić information content (AvgIpc) is 3.01. The van der Waals surface area contributed by atoms with Crippen LogP contribution in [0.15, 0.2) is 43.0 Å². The Morgan fingerprint density at radius 1 is 1.14 bits per heavy atom. The summed E-state index contributed by atoms with van der Waals surface area (Å²) in [4.78, 5) is 8.93. The molecule has 1 fully saturated rings. The van der Waals surface area contributed by atoms with Crippen molar-refractivity contribution in [1.82, 2.24) is 14.5 Å². The maximum atomic E-state index is 5.29. The van der Waals surface area contributed by atoms with Crippen LogP contribution < -0.4 is 9.64 Å². The SMILES string of the molecule is COc1cccc(N2CCN(Cn3ccnc3)CC2)c1.Cl.Cl. The number of benzene rings is 1. The van der Waals surface area contributed by atoms with Crippen LogP contribution in [0.1, 0.15) is 0 Å². The molecule has 7 heteroatoms. The van der Waals surface area contributed by atoms with Crippen LogP contribution in [0.25, 0.3) is 0 Å². The van der Waals surface area contributed by atoms with E-state index in [2.05, 4.69) is 31.5 Å². The molecular weight excluding hydrogens is 323 g/mol. The Morgan fingerprint density at radius 3 is 2.55 bits per heavy atom. The summed E-state index contributed by atoms with van der Waals surface area (Å²) in [5, 5.41) is 0. The molecule has 1 saturated heterocycles. The molecule has 5 nitrogen and oxygen atoms in total. The zero-order chi connectivity index (χ0) is 13.8. The molecular formula is C15H22Cl2N4O. The predicted molar refractivity (Wildman–Crippen MR) is 93.5 cm³/mol. The van der Waals surface area contributed by atoms with E-state index >= 15 is 0 Å². The molecule has 0 unspecified atom stereocenters. The zero-order valence-electron chi connectivity index (χ0n) is 12.6. The van der Waals surface area contributed by atoms with Crippen molar-refractivity contribution >= 4 is 30.5 Å². The number of ether oxygens (including phenoxy) is 1. The molecule has 1 aromatic heterocycles. The summed E-state index contributed by atoms with van der Waals surface area (Å²) in [6.07, 6.45) is 5.70. The Hall–Kier alpha value is -1.43. The largest absolute Gasteiger partial charge is 0.497 e. The molecule has 0 bridgehead atoms. The predicted octanol–water partition coefficient (Wildman–Crippen LogP) is 2.52. The Labute approximate surface area is 143 Å². The van der Waals surface area contributed by atoms with Gasteiger partial charge in [0, 0.05) is 50.3 Å². The fraction of sp³-hybridized carbons (Fsp3) is 0.400. The Kier molecular flexibility index (Phi) is 7.51. The van der Waals surface area contributed by atoms with E-state index in [-0.39, 0.29) is 24.8 Å². The average molecular weight is 345 g/mol. The number of hydrogen-bond acceptors (Lipinski definition) is 4. The van der Waals surface area contributed by atoms with Gasteiger partial charge in [-0.3, -0.25) is 4.90 Å². The van der Waals surface area contributed by atoms with Gasteiger partial charge in [-0.05, 0) is 12.1 Å². The van der Waals surface area contributed by atoms with Crippen molar-refractivity contribution in [1.29, 1.82) is 0 Å². The summed E-state index contributed by atoms with van der Waals surface area (Å²) >= 11 is 0. The van der Waals surface area contributed by atoms with Crippen LogP contribution in [-0.4, -0.2) is 47.7 Å². The van der Waals surface area contributed by atoms with Crippen molar-refractivity contribution in [2.24, 2.45) is 0 Å². The van der Waals surface area contributed by atoms with Crippen LogP contribution >= 0.6 is 24.8 Å². The lowest BCUT2D eigenvalue weighted by atomic mass is 10.2. The molecule has 2 heterocycles. The highest BCUT2D eigenvalue weighted by atomic mass is 35.5. The number of imidazole rings is 1. The summed E-state index contributed by atoms with van der Waals surface area (Å²) in [6.45, 7) is 5.14. The number of nitrogens with zero attached hydrogens (tertiary/aromatic N) is 4. The third kappa shape index (κ3) is 4.53. The van der Waals surface area contributed by atoms with Crippen molar-refractivity contribution in [3.05, 3.63) is 43.0 Å². The number of methoxy groups -OCH3 is 1. The Morgan fingerprint density at radius 2 is 1.91 bits per heavy atom. The molecule has 2 aromatic rings. The highest BCUT2D eigenvalue weighted by Gasteiger charge is 2.17. The maximum Gasteiger partial charge on any atom is 0.120 e. The van der Waals surface area contributed by atoms with E-state index in [1.807, 2.05) is 30.9 Å². The molecule has 0 spiro atoms. The molecule has 1 aromatic carbocycles. The van der Waals surface area contributed by atoms with Crippen LogP contribution in [0.4, 0.5) is 5.69 Å². The Balaban J connectivity index is 0.00000121. The highest BCUT2D eigenvalue weighted by molar-refractivity contribution is 5.85. The van der Waals surface area contributed by atoms with E-state index in [1.54, 1.807) is 7.11 Å². The molecule has 1 aliphatic heterocycles. The first-order valence-electron chi connectivity index (χ1n) is 6.92. The minimum atomic E-state index is 0. The van der Waals surface area contributed by atoms with Gasteiger partial charge in [-0.15, -0.1) is 24.8 Å². The van der Waals surface area contributed by atoms with Crippen molar-refractivity contribution in [3.8, 4) is 5.75 Å². The highest BCUT2D eigenvalue weighted by Crippen LogP contribution is 2.22. The molecule has 0 amide bonds. The van der Waals surface area contributed by atoms with Gasteiger partial charge in [0.25, 0.3) is 0 Å². The fourth-order valence-electron chi connectivity index (χ4n) is 2.56. The maximum absolute atomic E-state index is 5.29. The number of anilines is 1. The lowest BCUT2D eigenvalue weighted by Crippen LogP contribution is -2.46. The molecule has 3 rings (SSSR count). The first kappa shape index (κ1) is 18.6. The molecule has 0 saturated carbocycles. The minimum absolute atomic E-state index is 0. The van der Waals surface area contributed by atoms with E-state index in [4.69, 9.17) is 4.74 Å². The van der Waals surface area contributed by atoms with Crippen LogP contribution in [0.3, 0.4) is 0 Å². The molecule has 1 aliphatic rings. The van der Waals surface area contributed by atoms with E-state index in [0.717, 1.165) is 38.6 Å². The second kappa shape index (κ2) is 8.88. The summed E-state index contributed by atoms with van der Waals surface area (Å²) < 4.78 is 7.40. The molecule has 0 radical (unpaired) electrons. The van der Waals surface area contributed by atoms with Crippen LogP contribution in [0.2, 0.25) is 0 Å². The van der Waals surface area contributed by atoms with Gasteiger partial charge < -0.3 is 14.2 Å². The lowest BCUT2D eigenvalue weighted by molar-refractivity contribution is 0.206.